The van der Waals surface area contributed by atoms with Crippen molar-refractivity contribution in [1.82, 2.24) is 15.0 Å². The van der Waals surface area contributed by atoms with Gasteiger partial charge in [0.25, 0.3) is 5.91 Å². The lowest BCUT2D eigenvalue weighted by Gasteiger charge is -2.11. The molecule has 25 heavy (non-hydrogen) atoms. The van der Waals surface area contributed by atoms with Crippen LogP contribution >= 0.6 is 15.9 Å². The Morgan fingerprint density at radius 3 is 2.56 bits per heavy atom. The van der Waals surface area contributed by atoms with Crippen LogP contribution in [0.25, 0.3) is 0 Å². The molecule has 3 rings (SSSR count). The van der Waals surface area contributed by atoms with Gasteiger partial charge in [-0.25, -0.2) is 9.97 Å². The summed E-state index contributed by atoms with van der Waals surface area (Å²) in [7, 11) is 1.78. The quantitative estimate of drug-likeness (QED) is 0.679. The summed E-state index contributed by atoms with van der Waals surface area (Å²) in [5.74, 6) is 0.726. The van der Waals surface area contributed by atoms with Crippen molar-refractivity contribution in [2.45, 2.75) is 0 Å². The number of aromatic nitrogens is 3. The van der Waals surface area contributed by atoms with Crippen molar-refractivity contribution in [2.24, 2.45) is 0 Å². The second kappa shape index (κ2) is 7.71. The maximum absolute atomic E-state index is 12.4. The molecule has 7 nitrogen and oxygen atoms in total. The molecule has 0 aliphatic carbocycles. The van der Waals surface area contributed by atoms with Gasteiger partial charge < -0.3 is 15.4 Å². The van der Waals surface area contributed by atoms with Gasteiger partial charge in [0.05, 0.1) is 12.4 Å². The van der Waals surface area contributed by atoms with Crippen LogP contribution in [-0.4, -0.2) is 27.9 Å². The number of nitrogens with zero attached hydrogens (tertiary/aromatic N) is 3. The second-order valence-electron chi connectivity index (χ2n) is 4.99. The Bertz CT molecular complexity index is 889. The molecule has 8 heteroatoms. The minimum atomic E-state index is -0.316. The SMILES string of the molecule is CNc1cc(NC(=O)c2cc(Br)ccn2)cc(Oc2cncnc2)c1. The zero-order valence-electron chi connectivity index (χ0n) is 13.2. The predicted octanol–water partition coefficient (Wildman–Crippen LogP) is 3.72. The molecule has 2 heterocycles. The molecule has 1 aromatic carbocycles. The average Bonchev–Trinajstić information content (AvgIpc) is 2.62. The fourth-order valence-corrected chi connectivity index (χ4v) is 2.41. The monoisotopic (exact) mass is 399 g/mol. The highest BCUT2D eigenvalue weighted by molar-refractivity contribution is 9.10. The minimum Gasteiger partial charge on any atom is -0.454 e. The Kier molecular flexibility index (Phi) is 5.20. The molecule has 0 saturated heterocycles. The highest BCUT2D eigenvalue weighted by atomic mass is 79.9. The summed E-state index contributed by atoms with van der Waals surface area (Å²) in [6.07, 6.45) is 6.10. The van der Waals surface area contributed by atoms with E-state index in [0.29, 0.717) is 22.9 Å². The van der Waals surface area contributed by atoms with Crippen molar-refractivity contribution in [3.05, 3.63) is 65.4 Å². The Morgan fingerprint density at radius 2 is 1.84 bits per heavy atom. The van der Waals surface area contributed by atoms with Crippen LogP contribution in [0.5, 0.6) is 11.5 Å². The highest BCUT2D eigenvalue weighted by Gasteiger charge is 2.10. The molecular formula is C17H14BrN5O2. The summed E-state index contributed by atoms with van der Waals surface area (Å²) < 4.78 is 6.51. The van der Waals surface area contributed by atoms with Gasteiger partial charge in [-0.15, -0.1) is 0 Å². The van der Waals surface area contributed by atoms with Gasteiger partial charge in [0.15, 0.2) is 5.75 Å². The number of pyridine rings is 1. The number of carbonyl (C=O) groups is 1. The molecule has 0 fully saturated rings. The van der Waals surface area contributed by atoms with Crippen LogP contribution in [0, 0.1) is 0 Å². The number of hydrogen-bond acceptors (Lipinski definition) is 6. The molecule has 0 spiro atoms. The van der Waals surface area contributed by atoms with Crippen LogP contribution in [0.2, 0.25) is 0 Å². The third kappa shape index (κ3) is 4.51. The van der Waals surface area contributed by atoms with Crippen molar-refractivity contribution in [1.29, 1.82) is 0 Å². The van der Waals surface area contributed by atoms with Crippen molar-refractivity contribution in [3.8, 4) is 11.5 Å². The largest absolute Gasteiger partial charge is 0.454 e. The number of amides is 1. The van der Waals surface area contributed by atoms with Crippen LogP contribution in [0.15, 0.2) is 59.7 Å². The average molecular weight is 400 g/mol. The predicted molar refractivity (Wildman–Crippen MR) is 98.0 cm³/mol. The molecule has 0 aliphatic heterocycles. The van der Waals surface area contributed by atoms with Gasteiger partial charge in [0.2, 0.25) is 0 Å². The van der Waals surface area contributed by atoms with E-state index in [-0.39, 0.29) is 5.91 Å². The normalized spacial score (nSPS) is 10.2. The number of hydrogen-bond donors (Lipinski definition) is 2. The van der Waals surface area contributed by atoms with Crippen molar-refractivity contribution in [2.75, 3.05) is 17.7 Å². The van der Waals surface area contributed by atoms with Gasteiger partial charge in [0.1, 0.15) is 17.8 Å². The topological polar surface area (TPSA) is 89.0 Å². The van der Waals surface area contributed by atoms with Crippen LogP contribution in [0.3, 0.4) is 0 Å². The Labute approximate surface area is 152 Å². The summed E-state index contributed by atoms with van der Waals surface area (Å²) >= 11 is 3.33. The fourth-order valence-electron chi connectivity index (χ4n) is 2.07. The molecule has 0 radical (unpaired) electrons. The lowest BCUT2D eigenvalue weighted by atomic mass is 10.2. The number of anilines is 2. The molecule has 126 valence electrons. The van der Waals surface area contributed by atoms with E-state index in [1.807, 2.05) is 0 Å². The molecule has 2 aromatic heterocycles. The summed E-state index contributed by atoms with van der Waals surface area (Å²) in [6.45, 7) is 0. The van der Waals surface area contributed by atoms with E-state index in [4.69, 9.17) is 4.74 Å². The number of halogens is 1. The number of nitrogens with one attached hydrogen (secondary N) is 2. The first kappa shape index (κ1) is 16.8. The van der Waals surface area contributed by atoms with Gasteiger partial charge in [-0.05, 0) is 18.2 Å². The molecule has 3 aromatic rings. The number of carbonyl (C=O) groups excluding carboxylic acids is 1. The Hall–Kier alpha value is -3.00. The van der Waals surface area contributed by atoms with Crippen molar-refractivity contribution in [3.63, 3.8) is 0 Å². The van der Waals surface area contributed by atoms with E-state index in [1.165, 1.54) is 6.33 Å². The van der Waals surface area contributed by atoms with E-state index in [1.54, 1.807) is 56.0 Å². The first-order chi connectivity index (χ1) is 12.1. The number of benzene rings is 1. The Balaban J connectivity index is 1.83. The molecule has 2 N–H and O–H groups in total. The maximum atomic E-state index is 12.4. The first-order valence-corrected chi connectivity index (χ1v) is 8.12. The van der Waals surface area contributed by atoms with Gasteiger partial charge >= 0.3 is 0 Å². The standard InChI is InChI=1S/C17H14BrN5O2/c1-19-12-5-13(23-17(24)16-4-11(18)2-3-22-16)7-14(6-12)25-15-8-20-10-21-9-15/h2-10,19H,1H3,(H,23,24). The van der Waals surface area contributed by atoms with Crippen LogP contribution in [0.4, 0.5) is 11.4 Å². The minimum absolute atomic E-state index is 0.308. The molecular weight excluding hydrogens is 386 g/mol. The third-order valence-corrected chi connectivity index (χ3v) is 3.67. The van der Waals surface area contributed by atoms with Crippen LogP contribution in [0.1, 0.15) is 10.5 Å². The zero-order chi connectivity index (χ0) is 17.6. The molecule has 1 amide bonds. The summed E-state index contributed by atoms with van der Waals surface area (Å²) in [5, 5.41) is 5.84. The number of rotatable bonds is 5. The van der Waals surface area contributed by atoms with Crippen molar-refractivity contribution < 1.29 is 9.53 Å². The lowest BCUT2D eigenvalue weighted by molar-refractivity contribution is 0.102. The van der Waals surface area contributed by atoms with E-state index in [9.17, 15) is 4.79 Å². The second-order valence-corrected chi connectivity index (χ2v) is 5.90. The van der Waals surface area contributed by atoms with E-state index in [0.717, 1.165) is 10.2 Å². The van der Waals surface area contributed by atoms with Gasteiger partial charge in [-0.1, -0.05) is 15.9 Å². The summed E-state index contributed by atoms with van der Waals surface area (Å²) in [6, 6.07) is 8.72. The third-order valence-electron chi connectivity index (χ3n) is 3.18. The summed E-state index contributed by atoms with van der Waals surface area (Å²) in [4.78, 5) is 24.2. The molecule has 0 aliphatic rings. The van der Waals surface area contributed by atoms with E-state index < -0.39 is 0 Å². The molecule has 0 unspecified atom stereocenters. The molecule has 0 bridgehead atoms. The van der Waals surface area contributed by atoms with Crippen LogP contribution in [-0.2, 0) is 0 Å². The van der Waals surface area contributed by atoms with E-state index in [2.05, 4.69) is 41.5 Å². The first-order valence-electron chi connectivity index (χ1n) is 7.32. The maximum Gasteiger partial charge on any atom is 0.274 e. The van der Waals surface area contributed by atoms with Crippen LogP contribution < -0.4 is 15.4 Å². The Morgan fingerprint density at radius 1 is 1.08 bits per heavy atom. The van der Waals surface area contributed by atoms with Gasteiger partial charge in [-0.3, -0.25) is 9.78 Å². The smallest absolute Gasteiger partial charge is 0.274 e. The number of ether oxygens (including phenoxy) is 1. The summed E-state index contributed by atoms with van der Waals surface area (Å²) in [5.41, 5.74) is 1.67. The van der Waals surface area contributed by atoms with E-state index >= 15 is 0 Å². The highest BCUT2D eigenvalue weighted by Crippen LogP contribution is 2.28. The lowest BCUT2D eigenvalue weighted by Crippen LogP contribution is -2.13. The molecule has 0 saturated carbocycles. The van der Waals surface area contributed by atoms with Crippen molar-refractivity contribution >= 4 is 33.2 Å². The fraction of sp³-hybridized carbons (Fsp3) is 0.0588. The molecule has 0 atom stereocenters. The van der Waals surface area contributed by atoms with Gasteiger partial charge in [0, 0.05) is 41.2 Å². The zero-order valence-corrected chi connectivity index (χ0v) is 14.8. The van der Waals surface area contributed by atoms with Gasteiger partial charge in [-0.2, -0.15) is 0 Å².